The number of thiophene rings is 1. The van der Waals surface area contributed by atoms with Gasteiger partial charge in [-0.2, -0.15) is 0 Å². The van der Waals surface area contributed by atoms with Crippen LogP contribution in [-0.2, 0) is 6.42 Å². The van der Waals surface area contributed by atoms with E-state index in [1.165, 1.54) is 22.6 Å². The molecule has 0 aliphatic carbocycles. The molecule has 0 fully saturated rings. The summed E-state index contributed by atoms with van der Waals surface area (Å²) in [6, 6.07) is 11.0. The summed E-state index contributed by atoms with van der Waals surface area (Å²) in [6.07, 6.45) is 3.53. The van der Waals surface area contributed by atoms with Crippen molar-refractivity contribution in [2.24, 2.45) is 0 Å². The van der Waals surface area contributed by atoms with Gasteiger partial charge in [0.15, 0.2) is 0 Å². The van der Waals surface area contributed by atoms with E-state index in [1.54, 1.807) is 23.5 Å². The third-order valence-corrected chi connectivity index (χ3v) is 4.00. The molecule has 0 atom stereocenters. The fourth-order valence-electron chi connectivity index (χ4n) is 1.77. The van der Waals surface area contributed by atoms with Crippen LogP contribution in [0.15, 0.2) is 36.4 Å². The molecule has 1 heterocycles. The van der Waals surface area contributed by atoms with E-state index < -0.39 is 0 Å². The second-order valence-electron chi connectivity index (χ2n) is 4.17. The largest absolute Gasteiger partial charge is 0.269 e. The Morgan fingerprint density at radius 3 is 2.50 bits per heavy atom. The predicted molar refractivity (Wildman–Crippen MR) is 75.0 cm³/mol. The Labute approximate surface area is 110 Å². The summed E-state index contributed by atoms with van der Waals surface area (Å²) in [5.74, 6) is 0. The lowest BCUT2D eigenvalue weighted by molar-refractivity contribution is -0.384. The summed E-state index contributed by atoms with van der Waals surface area (Å²) < 4.78 is 0. The number of hydrogen-bond acceptors (Lipinski definition) is 3. The van der Waals surface area contributed by atoms with E-state index in [9.17, 15) is 10.1 Å². The Balaban J connectivity index is 2.15. The van der Waals surface area contributed by atoms with Gasteiger partial charge in [0.1, 0.15) is 0 Å². The van der Waals surface area contributed by atoms with Gasteiger partial charge in [0, 0.05) is 21.9 Å². The number of nitro benzene ring substituents is 1. The lowest BCUT2D eigenvalue weighted by atomic mass is 10.1. The topological polar surface area (TPSA) is 43.1 Å². The van der Waals surface area contributed by atoms with E-state index in [1.807, 2.05) is 12.1 Å². The molecular weight excluding hydrogens is 246 g/mol. The fraction of sp³-hybridized carbons (Fsp3) is 0.286. The standard InChI is InChI=1S/C14H15NO2S/c1-2-3-4-13-9-10-14(18-13)11-5-7-12(8-6-11)15(16)17/h5-10H,2-4H2,1H3. The minimum Gasteiger partial charge on any atom is -0.258 e. The molecule has 0 unspecified atom stereocenters. The molecule has 4 heteroatoms. The molecule has 0 amide bonds. The molecule has 3 nitrogen and oxygen atoms in total. The van der Waals surface area contributed by atoms with Crippen LogP contribution in [0.25, 0.3) is 10.4 Å². The summed E-state index contributed by atoms with van der Waals surface area (Å²) >= 11 is 1.77. The first-order valence-corrected chi connectivity index (χ1v) is 6.86. The van der Waals surface area contributed by atoms with E-state index in [0.29, 0.717) is 0 Å². The molecule has 1 aromatic carbocycles. The minimum atomic E-state index is -0.370. The number of aryl methyl sites for hydroxylation is 1. The van der Waals surface area contributed by atoms with Gasteiger partial charge in [-0.1, -0.05) is 13.3 Å². The first-order valence-electron chi connectivity index (χ1n) is 6.04. The Kier molecular flexibility index (Phi) is 4.10. The van der Waals surface area contributed by atoms with Crippen molar-refractivity contribution in [1.29, 1.82) is 0 Å². The summed E-state index contributed by atoms with van der Waals surface area (Å²) in [6.45, 7) is 2.19. The van der Waals surface area contributed by atoms with Crippen LogP contribution >= 0.6 is 11.3 Å². The highest BCUT2D eigenvalue weighted by Gasteiger charge is 2.07. The van der Waals surface area contributed by atoms with Gasteiger partial charge in [0.2, 0.25) is 0 Å². The number of benzene rings is 1. The van der Waals surface area contributed by atoms with Crippen LogP contribution in [0.4, 0.5) is 5.69 Å². The van der Waals surface area contributed by atoms with Gasteiger partial charge < -0.3 is 0 Å². The van der Waals surface area contributed by atoms with Crippen molar-refractivity contribution < 1.29 is 4.92 Å². The molecular formula is C14H15NO2S. The van der Waals surface area contributed by atoms with Crippen molar-refractivity contribution in [3.63, 3.8) is 0 Å². The Bertz CT molecular complexity index is 531. The molecule has 2 aromatic rings. The summed E-state index contributed by atoms with van der Waals surface area (Å²) in [7, 11) is 0. The summed E-state index contributed by atoms with van der Waals surface area (Å²) in [5.41, 5.74) is 1.19. The Morgan fingerprint density at radius 2 is 1.89 bits per heavy atom. The average Bonchev–Trinajstić information content (AvgIpc) is 2.85. The van der Waals surface area contributed by atoms with Gasteiger partial charge in [0.25, 0.3) is 5.69 Å². The molecule has 1 aromatic heterocycles. The van der Waals surface area contributed by atoms with Crippen LogP contribution in [-0.4, -0.2) is 4.92 Å². The molecule has 18 heavy (non-hydrogen) atoms. The first kappa shape index (κ1) is 12.8. The molecule has 2 rings (SSSR count). The zero-order chi connectivity index (χ0) is 13.0. The second-order valence-corrected chi connectivity index (χ2v) is 5.34. The third-order valence-electron chi connectivity index (χ3n) is 2.80. The molecule has 0 saturated carbocycles. The number of nitrogens with zero attached hydrogens (tertiary/aromatic N) is 1. The lowest BCUT2D eigenvalue weighted by Gasteiger charge is -1.97. The van der Waals surface area contributed by atoms with Gasteiger partial charge in [-0.05, 0) is 42.7 Å². The van der Waals surface area contributed by atoms with Crippen molar-refractivity contribution in [2.45, 2.75) is 26.2 Å². The maximum Gasteiger partial charge on any atom is 0.269 e. The minimum absolute atomic E-state index is 0.140. The van der Waals surface area contributed by atoms with Gasteiger partial charge in [-0.15, -0.1) is 11.3 Å². The highest BCUT2D eigenvalue weighted by molar-refractivity contribution is 7.15. The molecule has 0 spiro atoms. The second kappa shape index (κ2) is 5.78. The van der Waals surface area contributed by atoms with Crippen LogP contribution < -0.4 is 0 Å². The summed E-state index contributed by atoms with van der Waals surface area (Å²) in [5, 5.41) is 10.6. The lowest BCUT2D eigenvalue weighted by Crippen LogP contribution is -1.86. The quantitative estimate of drug-likeness (QED) is 0.580. The predicted octanol–water partition coefficient (Wildman–Crippen LogP) is 4.67. The Hall–Kier alpha value is -1.68. The van der Waals surface area contributed by atoms with E-state index in [-0.39, 0.29) is 10.6 Å². The number of nitro groups is 1. The zero-order valence-electron chi connectivity index (χ0n) is 10.3. The number of unbranched alkanes of at least 4 members (excludes halogenated alkanes) is 1. The van der Waals surface area contributed by atoms with Crippen LogP contribution in [0.5, 0.6) is 0 Å². The van der Waals surface area contributed by atoms with Crippen molar-refractivity contribution in [3.8, 4) is 10.4 Å². The molecule has 94 valence electrons. The van der Waals surface area contributed by atoms with E-state index >= 15 is 0 Å². The van der Waals surface area contributed by atoms with E-state index in [0.717, 1.165) is 12.0 Å². The normalized spacial score (nSPS) is 10.5. The van der Waals surface area contributed by atoms with Crippen molar-refractivity contribution in [2.75, 3.05) is 0 Å². The third kappa shape index (κ3) is 2.96. The van der Waals surface area contributed by atoms with Gasteiger partial charge >= 0.3 is 0 Å². The SMILES string of the molecule is CCCCc1ccc(-c2ccc([N+](=O)[O-])cc2)s1. The van der Waals surface area contributed by atoms with Crippen LogP contribution in [0.3, 0.4) is 0 Å². The smallest absolute Gasteiger partial charge is 0.258 e. The summed E-state index contributed by atoms with van der Waals surface area (Å²) in [4.78, 5) is 12.8. The van der Waals surface area contributed by atoms with Crippen LogP contribution in [0, 0.1) is 10.1 Å². The number of rotatable bonds is 5. The van der Waals surface area contributed by atoms with Crippen molar-refractivity contribution in [3.05, 3.63) is 51.4 Å². The van der Waals surface area contributed by atoms with Crippen LogP contribution in [0.1, 0.15) is 24.6 Å². The van der Waals surface area contributed by atoms with Crippen molar-refractivity contribution >= 4 is 17.0 Å². The van der Waals surface area contributed by atoms with E-state index in [4.69, 9.17) is 0 Å². The van der Waals surface area contributed by atoms with Gasteiger partial charge in [-0.3, -0.25) is 10.1 Å². The zero-order valence-corrected chi connectivity index (χ0v) is 11.1. The molecule has 0 aliphatic heterocycles. The average molecular weight is 261 g/mol. The van der Waals surface area contributed by atoms with E-state index in [2.05, 4.69) is 19.1 Å². The highest BCUT2D eigenvalue weighted by atomic mass is 32.1. The number of non-ortho nitro benzene ring substituents is 1. The molecule has 0 N–H and O–H groups in total. The molecule has 0 bridgehead atoms. The van der Waals surface area contributed by atoms with Crippen molar-refractivity contribution in [1.82, 2.24) is 0 Å². The maximum absolute atomic E-state index is 10.6. The van der Waals surface area contributed by atoms with Gasteiger partial charge in [0.05, 0.1) is 4.92 Å². The Morgan fingerprint density at radius 1 is 1.17 bits per heavy atom. The highest BCUT2D eigenvalue weighted by Crippen LogP contribution is 2.30. The maximum atomic E-state index is 10.6. The molecule has 0 radical (unpaired) electrons. The van der Waals surface area contributed by atoms with Gasteiger partial charge in [-0.25, -0.2) is 0 Å². The molecule has 0 saturated heterocycles. The van der Waals surface area contributed by atoms with Crippen LogP contribution in [0.2, 0.25) is 0 Å². The molecule has 0 aliphatic rings. The monoisotopic (exact) mass is 261 g/mol. The first-order chi connectivity index (χ1) is 8.70. The fourth-order valence-corrected chi connectivity index (χ4v) is 2.82. The number of hydrogen-bond donors (Lipinski definition) is 0.